The molecule has 0 saturated heterocycles. The van der Waals surface area contributed by atoms with Gasteiger partial charge in [-0.2, -0.15) is 5.26 Å². The Hall–Kier alpha value is -2.99. The Bertz CT molecular complexity index is 908. The quantitative estimate of drug-likeness (QED) is 0.741. The lowest BCUT2D eigenvalue weighted by molar-refractivity contribution is -0.136. The van der Waals surface area contributed by atoms with Crippen LogP contribution in [0, 0.1) is 11.3 Å². The SMILES string of the molecule is N#Cc1ccc(COC(=O)C2=NC=CN3CCS(=O)(=O)N=C23)cc1. The van der Waals surface area contributed by atoms with Crippen LogP contribution in [0.2, 0.25) is 0 Å². The van der Waals surface area contributed by atoms with Crippen LogP contribution < -0.4 is 0 Å². The summed E-state index contributed by atoms with van der Waals surface area (Å²) in [7, 11) is -3.60. The number of nitriles is 1. The molecule has 0 atom stereocenters. The van der Waals surface area contributed by atoms with Crippen molar-refractivity contribution in [3.63, 3.8) is 0 Å². The van der Waals surface area contributed by atoms with E-state index >= 15 is 0 Å². The second-order valence-electron chi connectivity index (χ2n) is 5.06. The molecule has 3 rings (SSSR count). The van der Waals surface area contributed by atoms with Gasteiger partial charge in [0.1, 0.15) is 6.61 Å². The maximum atomic E-state index is 12.2. The van der Waals surface area contributed by atoms with Gasteiger partial charge in [-0.25, -0.2) is 18.2 Å². The van der Waals surface area contributed by atoms with Crippen LogP contribution in [0.25, 0.3) is 0 Å². The number of esters is 1. The van der Waals surface area contributed by atoms with Crippen molar-refractivity contribution in [3.8, 4) is 6.07 Å². The van der Waals surface area contributed by atoms with Crippen molar-refractivity contribution in [2.75, 3.05) is 12.3 Å². The molecule has 0 bridgehead atoms. The maximum absolute atomic E-state index is 12.2. The Morgan fingerprint density at radius 3 is 2.79 bits per heavy atom. The monoisotopic (exact) mass is 344 g/mol. The van der Waals surface area contributed by atoms with Gasteiger partial charge in [0, 0.05) is 18.9 Å². The Kier molecular flexibility index (Phi) is 4.14. The first kappa shape index (κ1) is 15.9. The van der Waals surface area contributed by atoms with E-state index in [9.17, 15) is 13.2 Å². The van der Waals surface area contributed by atoms with Crippen LogP contribution in [0.1, 0.15) is 11.1 Å². The van der Waals surface area contributed by atoms with Crippen LogP contribution >= 0.6 is 0 Å². The molecule has 0 aliphatic carbocycles. The maximum Gasteiger partial charge on any atom is 0.361 e. The fraction of sp³-hybridized carbons (Fsp3) is 0.200. The second kappa shape index (κ2) is 6.25. The lowest BCUT2D eigenvalue weighted by atomic mass is 10.1. The molecule has 8 nitrogen and oxygen atoms in total. The van der Waals surface area contributed by atoms with E-state index in [1.807, 2.05) is 6.07 Å². The summed E-state index contributed by atoms with van der Waals surface area (Å²) in [4.78, 5) is 17.7. The average molecular weight is 344 g/mol. The molecule has 0 unspecified atom stereocenters. The summed E-state index contributed by atoms with van der Waals surface area (Å²) in [5, 5.41) is 8.74. The fourth-order valence-corrected chi connectivity index (χ4v) is 3.13. The zero-order valence-electron chi connectivity index (χ0n) is 12.4. The summed E-state index contributed by atoms with van der Waals surface area (Å²) in [5.74, 6) is -0.896. The van der Waals surface area contributed by atoms with Gasteiger partial charge in [-0.05, 0) is 17.7 Å². The number of hydrogen-bond acceptors (Lipinski definition) is 7. The highest BCUT2D eigenvalue weighted by molar-refractivity contribution is 7.90. The average Bonchev–Trinajstić information content (AvgIpc) is 2.59. The standard InChI is InChI=1S/C15H12N4O4S/c16-9-11-1-3-12(4-2-11)10-23-15(20)13-14-18-24(21,22)8-7-19(14)6-5-17-13/h1-6H,7-8,10H2. The van der Waals surface area contributed by atoms with Crippen molar-refractivity contribution < 1.29 is 17.9 Å². The molecule has 2 heterocycles. The smallest absolute Gasteiger partial charge is 0.361 e. The van der Waals surface area contributed by atoms with Crippen LogP contribution in [0.3, 0.4) is 0 Å². The molecule has 0 spiro atoms. The van der Waals surface area contributed by atoms with Crippen molar-refractivity contribution in [2.45, 2.75) is 6.61 Å². The minimum Gasteiger partial charge on any atom is -0.456 e. The summed E-state index contributed by atoms with van der Waals surface area (Å²) >= 11 is 0. The second-order valence-corrected chi connectivity index (χ2v) is 6.81. The molecule has 2 aliphatic rings. The van der Waals surface area contributed by atoms with E-state index in [1.54, 1.807) is 35.4 Å². The molecule has 0 saturated carbocycles. The van der Waals surface area contributed by atoms with Gasteiger partial charge < -0.3 is 9.64 Å². The van der Waals surface area contributed by atoms with E-state index in [1.165, 1.54) is 6.20 Å². The highest BCUT2D eigenvalue weighted by Crippen LogP contribution is 2.14. The number of aliphatic imine (C=N–C) groups is 1. The third-order valence-corrected chi connectivity index (χ3v) is 4.55. The van der Waals surface area contributed by atoms with Gasteiger partial charge in [-0.15, -0.1) is 4.40 Å². The topological polar surface area (TPSA) is 112 Å². The first-order valence-corrected chi connectivity index (χ1v) is 8.60. The summed E-state index contributed by atoms with van der Waals surface area (Å²) in [6, 6.07) is 8.57. The van der Waals surface area contributed by atoms with Crippen LogP contribution in [0.5, 0.6) is 0 Å². The zero-order chi connectivity index (χ0) is 17.2. The van der Waals surface area contributed by atoms with E-state index in [4.69, 9.17) is 10.00 Å². The molecule has 0 aromatic heterocycles. The van der Waals surface area contributed by atoms with Gasteiger partial charge in [0.15, 0.2) is 11.5 Å². The van der Waals surface area contributed by atoms with Crippen molar-refractivity contribution in [2.24, 2.45) is 9.39 Å². The Morgan fingerprint density at radius 1 is 1.33 bits per heavy atom. The summed E-state index contributed by atoms with van der Waals surface area (Å²) in [5.41, 5.74) is 1.06. The number of amidine groups is 1. The first-order valence-electron chi connectivity index (χ1n) is 6.99. The summed E-state index contributed by atoms with van der Waals surface area (Å²) in [6.07, 6.45) is 2.96. The number of fused-ring (bicyclic) bond motifs is 1. The predicted octanol–water partition coefficient (Wildman–Crippen LogP) is 0.571. The fourth-order valence-electron chi connectivity index (χ4n) is 2.16. The van der Waals surface area contributed by atoms with Gasteiger partial charge in [-0.1, -0.05) is 12.1 Å². The third kappa shape index (κ3) is 3.33. The van der Waals surface area contributed by atoms with E-state index < -0.39 is 16.0 Å². The number of carbonyl (C=O) groups excluding carboxylic acids is 1. The number of rotatable bonds is 3. The van der Waals surface area contributed by atoms with Crippen LogP contribution in [0.4, 0.5) is 0 Å². The molecule has 0 N–H and O–H groups in total. The van der Waals surface area contributed by atoms with Gasteiger partial charge in [0.25, 0.3) is 10.0 Å². The van der Waals surface area contributed by atoms with E-state index in [2.05, 4.69) is 9.39 Å². The van der Waals surface area contributed by atoms with Gasteiger partial charge >= 0.3 is 5.97 Å². The largest absolute Gasteiger partial charge is 0.456 e. The van der Waals surface area contributed by atoms with Crippen molar-refractivity contribution >= 4 is 27.5 Å². The van der Waals surface area contributed by atoms with Crippen LogP contribution in [-0.2, 0) is 26.2 Å². The van der Waals surface area contributed by atoms with Crippen LogP contribution in [0.15, 0.2) is 46.1 Å². The highest BCUT2D eigenvalue weighted by atomic mass is 32.2. The lowest BCUT2D eigenvalue weighted by Gasteiger charge is -2.27. The highest BCUT2D eigenvalue weighted by Gasteiger charge is 2.32. The molecular formula is C15H12N4O4S. The van der Waals surface area contributed by atoms with Gasteiger partial charge in [-0.3, -0.25) is 0 Å². The Labute approximate surface area is 138 Å². The lowest BCUT2D eigenvalue weighted by Crippen LogP contribution is -2.45. The molecule has 1 aromatic rings. The van der Waals surface area contributed by atoms with Gasteiger partial charge in [0.2, 0.25) is 0 Å². The number of benzene rings is 1. The number of hydrogen-bond donors (Lipinski definition) is 0. The van der Waals surface area contributed by atoms with Crippen molar-refractivity contribution in [3.05, 3.63) is 47.8 Å². The number of nitrogens with zero attached hydrogens (tertiary/aromatic N) is 4. The molecule has 1 aromatic carbocycles. The molecule has 0 fully saturated rings. The Balaban J connectivity index is 1.74. The van der Waals surface area contributed by atoms with Crippen LogP contribution in [-0.4, -0.2) is 43.1 Å². The summed E-state index contributed by atoms with van der Waals surface area (Å²) in [6.45, 7) is 0.187. The Morgan fingerprint density at radius 2 is 2.08 bits per heavy atom. The molecule has 2 aliphatic heterocycles. The third-order valence-electron chi connectivity index (χ3n) is 3.40. The molecular weight excluding hydrogens is 332 g/mol. The molecule has 9 heteroatoms. The van der Waals surface area contributed by atoms with E-state index in [0.29, 0.717) is 11.1 Å². The van der Waals surface area contributed by atoms with E-state index in [-0.39, 0.29) is 30.5 Å². The molecule has 24 heavy (non-hydrogen) atoms. The molecule has 122 valence electrons. The zero-order valence-corrected chi connectivity index (χ0v) is 13.2. The molecule has 0 amide bonds. The minimum atomic E-state index is -3.60. The van der Waals surface area contributed by atoms with Gasteiger partial charge in [0.05, 0.1) is 17.4 Å². The molecule has 0 radical (unpaired) electrons. The predicted molar refractivity (Wildman–Crippen MR) is 85.5 cm³/mol. The van der Waals surface area contributed by atoms with Crippen molar-refractivity contribution in [1.82, 2.24) is 4.90 Å². The number of sulfonamides is 1. The minimum absolute atomic E-state index is 0.0198. The van der Waals surface area contributed by atoms with E-state index in [0.717, 1.165) is 0 Å². The van der Waals surface area contributed by atoms with Crippen molar-refractivity contribution in [1.29, 1.82) is 5.26 Å². The normalized spacial score (nSPS) is 18.0. The first-order chi connectivity index (χ1) is 11.5. The number of ether oxygens (including phenoxy) is 1. The number of carbonyl (C=O) groups is 1. The summed E-state index contributed by atoms with van der Waals surface area (Å²) < 4.78 is 32.1.